The highest BCUT2D eigenvalue weighted by Crippen LogP contribution is 2.52. The number of hydrogen-bond acceptors (Lipinski definition) is 3. The molecular formula is C9H11O5P. The molecule has 82 valence electrons. The molecule has 0 saturated carbocycles. The van der Waals surface area contributed by atoms with E-state index in [2.05, 4.69) is 0 Å². The molecule has 0 fully saturated rings. The Morgan fingerprint density at radius 3 is 2.07 bits per heavy atom. The van der Waals surface area contributed by atoms with Gasteiger partial charge in [0.05, 0.1) is 0 Å². The van der Waals surface area contributed by atoms with Crippen molar-refractivity contribution >= 4 is 13.4 Å². The summed E-state index contributed by atoms with van der Waals surface area (Å²) in [6.07, 6.45) is 0. The molecule has 1 atom stereocenters. The molecule has 1 aromatic rings. The van der Waals surface area contributed by atoms with Gasteiger partial charge in [-0.15, -0.1) is 0 Å². The van der Waals surface area contributed by atoms with E-state index in [-0.39, 0.29) is 11.3 Å². The molecule has 1 unspecified atom stereocenters. The Bertz CT molecular complexity index is 405. The average Bonchev–Trinajstić information content (AvgIpc) is 2.05. The van der Waals surface area contributed by atoms with Crippen LogP contribution in [0.1, 0.15) is 18.1 Å². The minimum Gasteiger partial charge on any atom is -0.508 e. The number of carbonyl (C=O) groups is 1. The molecule has 0 aromatic heterocycles. The number of benzene rings is 1. The number of phenolic OH excluding ortho intramolecular Hbond substituents is 1. The number of Topliss-reactive ketones (excluding diaryl/α,β-unsaturated/α-hetero) is 1. The Labute approximate surface area is 86.5 Å². The molecule has 0 spiro atoms. The second-order valence-electron chi connectivity index (χ2n) is 3.19. The van der Waals surface area contributed by atoms with Crippen molar-refractivity contribution in [1.29, 1.82) is 0 Å². The lowest BCUT2D eigenvalue weighted by Crippen LogP contribution is -2.09. The zero-order valence-corrected chi connectivity index (χ0v) is 8.89. The maximum Gasteiger partial charge on any atom is 0.340 e. The largest absolute Gasteiger partial charge is 0.508 e. The third kappa shape index (κ3) is 2.89. The fourth-order valence-electron chi connectivity index (χ4n) is 1.32. The third-order valence-corrected chi connectivity index (χ3v) is 3.26. The van der Waals surface area contributed by atoms with E-state index in [1.54, 1.807) is 0 Å². The predicted octanol–water partition coefficient (Wildman–Crippen LogP) is 1.20. The third-order valence-electron chi connectivity index (χ3n) is 1.93. The molecule has 0 amide bonds. The average molecular weight is 230 g/mol. The second kappa shape index (κ2) is 4.14. The van der Waals surface area contributed by atoms with Crippen LogP contribution in [0.4, 0.5) is 0 Å². The van der Waals surface area contributed by atoms with Crippen LogP contribution in [0, 0.1) is 0 Å². The lowest BCUT2D eigenvalue weighted by Gasteiger charge is -2.15. The van der Waals surface area contributed by atoms with Gasteiger partial charge < -0.3 is 14.9 Å². The first-order chi connectivity index (χ1) is 6.82. The zero-order valence-electron chi connectivity index (χ0n) is 7.99. The first-order valence-corrected chi connectivity index (χ1v) is 5.85. The van der Waals surface area contributed by atoms with E-state index in [1.807, 2.05) is 0 Å². The minimum atomic E-state index is -4.50. The van der Waals surface area contributed by atoms with Gasteiger partial charge in [0, 0.05) is 0 Å². The van der Waals surface area contributed by atoms with Gasteiger partial charge in [-0.2, -0.15) is 0 Å². The van der Waals surface area contributed by atoms with Crippen molar-refractivity contribution < 1.29 is 24.3 Å². The molecule has 15 heavy (non-hydrogen) atoms. The SMILES string of the molecule is CC(=O)C(c1ccc(O)cc1)P(=O)(O)O. The summed E-state index contributed by atoms with van der Waals surface area (Å²) in [5.41, 5.74) is -1.24. The summed E-state index contributed by atoms with van der Waals surface area (Å²) in [4.78, 5) is 29.1. The summed E-state index contributed by atoms with van der Waals surface area (Å²) in [7, 11) is -4.50. The van der Waals surface area contributed by atoms with Crippen LogP contribution in [-0.4, -0.2) is 20.7 Å². The highest BCUT2D eigenvalue weighted by Gasteiger charge is 2.34. The lowest BCUT2D eigenvalue weighted by atomic mass is 10.1. The van der Waals surface area contributed by atoms with E-state index < -0.39 is 19.0 Å². The van der Waals surface area contributed by atoms with E-state index in [0.717, 1.165) is 6.92 Å². The van der Waals surface area contributed by atoms with Crippen LogP contribution < -0.4 is 0 Å². The fraction of sp³-hybridized carbons (Fsp3) is 0.222. The molecule has 0 saturated heterocycles. The van der Waals surface area contributed by atoms with Crippen LogP contribution in [0.2, 0.25) is 0 Å². The number of aromatic hydroxyl groups is 1. The first-order valence-electron chi connectivity index (χ1n) is 4.17. The number of ketones is 1. The molecule has 5 nitrogen and oxygen atoms in total. The number of hydrogen-bond donors (Lipinski definition) is 3. The molecule has 0 bridgehead atoms. The van der Waals surface area contributed by atoms with Crippen molar-refractivity contribution in [1.82, 2.24) is 0 Å². The standard InChI is InChI=1S/C9H11O5P/c1-6(10)9(15(12,13)14)7-2-4-8(11)5-3-7/h2-5,9,11H,1H3,(H2,12,13,14). The van der Waals surface area contributed by atoms with E-state index >= 15 is 0 Å². The Morgan fingerprint density at radius 1 is 1.27 bits per heavy atom. The number of phenols is 1. The van der Waals surface area contributed by atoms with Crippen LogP contribution in [-0.2, 0) is 9.36 Å². The smallest absolute Gasteiger partial charge is 0.340 e. The summed E-state index contributed by atoms with van der Waals surface area (Å²) in [6, 6.07) is 5.20. The van der Waals surface area contributed by atoms with Crippen LogP contribution in [0.3, 0.4) is 0 Å². The summed E-state index contributed by atoms with van der Waals surface area (Å²) < 4.78 is 11.1. The van der Waals surface area contributed by atoms with Crippen LogP contribution >= 0.6 is 7.60 Å². The Hall–Kier alpha value is -1.16. The zero-order chi connectivity index (χ0) is 11.6. The topological polar surface area (TPSA) is 94.8 Å². The molecule has 0 aliphatic heterocycles. The van der Waals surface area contributed by atoms with Crippen molar-refractivity contribution in [2.75, 3.05) is 0 Å². The molecule has 1 rings (SSSR count). The number of carbonyl (C=O) groups excluding carboxylic acids is 1. The highest BCUT2D eigenvalue weighted by molar-refractivity contribution is 7.53. The summed E-state index contributed by atoms with van der Waals surface area (Å²) in [5.74, 6) is -0.624. The van der Waals surface area contributed by atoms with Gasteiger partial charge in [0.15, 0.2) is 0 Å². The van der Waals surface area contributed by atoms with Gasteiger partial charge in [-0.3, -0.25) is 9.36 Å². The van der Waals surface area contributed by atoms with Gasteiger partial charge >= 0.3 is 7.60 Å². The Balaban J connectivity index is 3.17. The van der Waals surface area contributed by atoms with Gasteiger partial charge in [-0.05, 0) is 24.6 Å². The van der Waals surface area contributed by atoms with Crippen molar-refractivity contribution in [2.45, 2.75) is 12.6 Å². The van der Waals surface area contributed by atoms with Gasteiger partial charge in [-0.25, -0.2) is 0 Å². The first kappa shape index (κ1) is 11.9. The normalized spacial score (nSPS) is 13.5. The Kier molecular flexibility index (Phi) is 3.29. The second-order valence-corrected chi connectivity index (χ2v) is 4.89. The highest BCUT2D eigenvalue weighted by atomic mass is 31.2. The molecule has 3 N–H and O–H groups in total. The van der Waals surface area contributed by atoms with E-state index in [9.17, 15) is 9.36 Å². The fourth-order valence-corrected chi connectivity index (χ4v) is 2.36. The van der Waals surface area contributed by atoms with Gasteiger partial charge in [0.1, 0.15) is 17.2 Å². The molecular weight excluding hydrogens is 219 g/mol. The molecule has 0 radical (unpaired) electrons. The molecule has 0 aliphatic carbocycles. The van der Waals surface area contributed by atoms with Crippen molar-refractivity contribution in [3.8, 4) is 5.75 Å². The maximum atomic E-state index is 11.1. The minimum absolute atomic E-state index is 0.0215. The predicted molar refractivity (Wildman–Crippen MR) is 53.6 cm³/mol. The lowest BCUT2D eigenvalue weighted by molar-refractivity contribution is -0.117. The van der Waals surface area contributed by atoms with Crippen LogP contribution in [0.25, 0.3) is 0 Å². The molecule has 1 aromatic carbocycles. The van der Waals surface area contributed by atoms with E-state index in [0.29, 0.717) is 0 Å². The molecule has 6 heteroatoms. The molecule has 0 aliphatic rings. The monoisotopic (exact) mass is 230 g/mol. The van der Waals surface area contributed by atoms with Crippen LogP contribution in [0.15, 0.2) is 24.3 Å². The van der Waals surface area contributed by atoms with Gasteiger partial charge in [0.2, 0.25) is 0 Å². The van der Waals surface area contributed by atoms with Crippen molar-refractivity contribution in [3.05, 3.63) is 29.8 Å². The van der Waals surface area contributed by atoms with Gasteiger partial charge in [-0.1, -0.05) is 12.1 Å². The molecule has 0 heterocycles. The van der Waals surface area contributed by atoms with Crippen LogP contribution in [0.5, 0.6) is 5.75 Å². The summed E-state index contributed by atoms with van der Waals surface area (Å²) >= 11 is 0. The maximum absolute atomic E-state index is 11.1. The summed E-state index contributed by atoms with van der Waals surface area (Å²) in [6.45, 7) is 1.12. The number of rotatable bonds is 3. The van der Waals surface area contributed by atoms with E-state index in [1.165, 1.54) is 24.3 Å². The van der Waals surface area contributed by atoms with E-state index in [4.69, 9.17) is 14.9 Å². The Morgan fingerprint density at radius 2 is 1.73 bits per heavy atom. The summed E-state index contributed by atoms with van der Waals surface area (Å²) in [5, 5.41) is 9.00. The van der Waals surface area contributed by atoms with Crippen molar-refractivity contribution in [2.24, 2.45) is 0 Å². The van der Waals surface area contributed by atoms with Crippen molar-refractivity contribution in [3.63, 3.8) is 0 Å². The van der Waals surface area contributed by atoms with Gasteiger partial charge in [0.25, 0.3) is 0 Å². The quantitative estimate of drug-likeness (QED) is 0.678.